The predicted molar refractivity (Wildman–Crippen MR) is 43.5 cm³/mol. The van der Waals surface area contributed by atoms with Gasteiger partial charge in [-0.25, -0.2) is 0 Å². The molecule has 68 valence electrons. The standard InChI is InChI=1S/C9H14O3/c1-6(9(11)12-2)7-3-4-8(10)5-7/h6-7H,3-5H2,1-2H3/t6-,7+/m0/s1. The Morgan fingerprint density at radius 1 is 1.67 bits per heavy atom. The summed E-state index contributed by atoms with van der Waals surface area (Å²) in [7, 11) is 1.38. The number of rotatable bonds is 2. The van der Waals surface area contributed by atoms with E-state index in [0.29, 0.717) is 12.8 Å². The molecule has 1 fully saturated rings. The van der Waals surface area contributed by atoms with Crippen LogP contribution in [0.2, 0.25) is 0 Å². The summed E-state index contributed by atoms with van der Waals surface area (Å²) >= 11 is 0. The van der Waals surface area contributed by atoms with Crippen LogP contribution in [0.1, 0.15) is 26.2 Å². The van der Waals surface area contributed by atoms with Gasteiger partial charge in [0.15, 0.2) is 0 Å². The van der Waals surface area contributed by atoms with Crippen LogP contribution < -0.4 is 0 Å². The van der Waals surface area contributed by atoms with Crippen LogP contribution in [0.25, 0.3) is 0 Å². The Balaban J connectivity index is 2.48. The van der Waals surface area contributed by atoms with E-state index in [4.69, 9.17) is 0 Å². The van der Waals surface area contributed by atoms with Crippen LogP contribution in [0.4, 0.5) is 0 Å². The zero-order valence-corrected chi connectivity index (χ0v) is 7.50. The second-order valence-electron chi connectivity index (χ2n) is 3.35. The van der Waals surface area contributed by atoms with Gasteiger partial charge in [0, 0.05) is 12.8 Å². The largest absolute Gasteiger partial charge is 0.469 e. The zero-order chi connectivity index (χ0) is 9.14. The summed E-state index contributed by atoms with van der Waals surface area (Å²) < 4.78 is 4.61. The van der Waals surface area contributed by atoms with Gasteiger partial charge < -0.3 is 4.74 Å². The summed E-state index contributed by atoms with van der Waals surface area (Å²) in [6.45, 7) is 1.83. The minimum atomic E-state index is -0.199. The molecule has 0 aromatic rings. The summed E-state index contributed by atoms with van der Waals surface area (Å²) in [6, 6.07) is 0. The highest BCUT2D eigenvalue weighted by Crippen LogP contribution is 2.29. The smallest absolute Gasteiger partial charge is 0.308 e. The molecular formula is C9H14O3. The van der Waals surface area contributed by atoms with Crippen molar-refractivity contribution in [3.05, 3.63) is 0 Å². The van der Waals surface area contributed by atoms with Crippen molar-refractivity contribution in [2.45, 2.75) is 26.2 Å². The molecule has 3 heteroatoms. The maximum Gasteiger partial charge on any atom is 0.308 e. The van der Waals surface area contributed by atoms with E-state index in [1.807, 2.05) is 6.92 Å². The summed E-state index contributed by atoms with van der Waals surface area (Å²) in [4.78, 5) is 22.0. The molecule has 12 heavy (non-hydrogen) atoms. The molecule has 0 unspecified atom stereocenters. The van der Waals surface area contributed by atoms with Crippen LogP contribution in [-0.4, -0.2) is 18.9 Å². The van der Waals surface area contributed by atoms with E-state index in [-0.39, 0.29) is 23.6 Å². The number of hydrogen-bond donors (Lipinski definition) is 0. The van der Waals surface area contributed by atoms with Crippen molar-refractivity contribution in [2.24, 2.45) is 11.8 Å². The Hall–Kier alpha value is -0.860. The number of esters is 1. The number of Topliss-reactive ketones (excluding diaryl/α,β-unsaturated/α-hetero) is 1. The van der Waals surface area contributed by atoms with Crippen molar-refractivity contribution in [2.75, 3.05) is 7.11 Å². The van der Waals surface area contributed by atoms with Gasteiger partial charge in [0.05, 0.1) is 13.0 Å². The number of carbonyl (C=O) groups excluding carboxylic acids is 2. The fraction of sp³-hybridized carbons (Fsp3) is 0.778. The van der Waals surface area contributed by atoms with Crippen molar-refractivity contribution in [3.8, 4) is 0 Å². The van der Waals surface area contributed by atoms with E-state index in [1.54, 1.807) is 0 Å². The van der Waals surface area contributed by atoms with Gasteiger partial charge in [0.1, 0.15) is 5.78 Å². The number of ether oxygens (including phenoxy) is 1. The van der Waals surface area contributed by atoms with Gasteiger partial charge in [-0.2, -0.15) is 0 Å². The second kappa shape index (κ2) is 3.70. The maximum absolute atomic E-state index is 11.1. The Kier molecular flexibility index (Phi) is 2.84. The molecule has 3 nitrogen and oxygen atoms in total. The normalized spacial score (nSPS) is 25.5. The van der Waals surface area contributed by atoms with Crippen LogP contribution in [0, 0.1) is 11.8 Å². The molecule has 0 aliphatic heterocycles. The fourth-order valence-electron chi connectivity index (χ4n) is 1.65. The van der Waals surface area contributed by atoms with Gasteiger partial charge in [-0.05, 0) is 12.3 Å². The van der Waals surface area contributed by atoms with Crippen LogP contribution in [0.3, 0.4) is 0 Å². The SMILES string of the molecule is COC(=O)[C@@H](C)[C@@H]1CCC(=O)C1. The first-order chi connectivity index (χ1) is 5.65. The molecule has 0 amide bonds. The summed E-state index contributed by atoms with van der Waals surface area (Å²) in [5.41, 5.74) is 0. The van der Waals surface area contributed by atoms with Crippen molar-refractivity contribution >= 4 is 11.8 Å². The highest BCUT2D eigenvalue weighted by Gasteiger charge is 2.31. The molecule has 1 saturated carbocycles. The van der Waals surface area contributed by atoms with Crippen LogP contribution >= 0.6 is 0 Å². The molecule has 0 aromatic carbocycles. The van der Waals surface area contributed by atoms with Gasteiger partial charge in [-0.3, -0.25) is 9.59 Å². The lowest BCUT2D eigenvalue weighted by atomic mass is 9.93. The Morgan fingerprint density at radius 3 is 2.75 bits per heavy atom. The Morgan fingerprint density at radius 2 is 2.33 bits per heavy atom. The molecule has 1 rings (SSSR count). The van der Waals surface area contributed by atoms with E-state index >= 15 is 0 Å². The first kappa shape index (κ1) is 9.23. The molecule has 1 aliphatic carbocycles. The van der Waals surface area contributed by atoms with Crippen molar-refractivity contribution in [1.82, 2.24) is 0 Å². The lowest BCUT2D eigenvalue weighted by Crippen LogP contribution is -2.20. The number of ketones is 1. The second-order valence-corrected chi connectivity index (χ2v) is 3.35. The minimum Gasteiger partial charge on any atom is -0.469 e. The maximum atomic E-state index is 11.1. The predicted octanol–water partition coefficient (Wildman–Crippen LogP) is 1.16. The topological polar surface area (TPSA) is 43.4 Å². The minimum absolute atomic E-state index is 0.124. The molecule has 1 aliphatic rings. The van der Waals surface area contributed by atoms with Gasteiger partial charge >= 0.3 is 5.97 Å². The number of hydrogen-bond acceptors (Lipinski definition) is 3. The third-order valence-electron chi connectivity index (χ3n) is 2.56. The van der Waals surface area contributed by atoms with E-state index in [0.717, 1.165) is 6.42 Å². The van der Waals surface area contributed by atoms with Crippen molar-refractivity contribution in [3.63, 3.8) is 0 Å². The van der Waals surface area contributed by atoms with E-state index in [9.17, 15) is 9.59 Å². The highest BCUT2D eigenvalue weighted by atomic mass is 16.5. The van der Waals surface area contributed by atoms with E-state index in [2.05, 4.69) is 4.74 Å². The van der Waals surface area contributed by atoms with Crippen molar-refractivity contribution < 1.29 is 14.3 Å². The molecule has 0 spiro atoms. The van der Waals surface area contributed by atoms with Gasteiger partial charge in [-0.15, -0.1) is 0 Å². The van der Waals surface area contributed by atoms with Crippen LogP contribution in [0.15, 0.2) is 0 Å². The monoisotopic (exact) mass is 170 g/mol. The zero-order valence-electron chi connectivity index (χ0n) is 7.50. The summed E-state index contributed by atoms with van der Waals surface area (Å²) in [5.74, 6) is 0.164. The van der Waals surface area contributed by atoms with E-state index < -0.39 is 0 Å². The summed E-state index contributed by atoms with van der Waals surface area (Å²) in [6.07, 6.45) is 2.03. The van der Waals surface area contributed by atoms with Crippen LogP contribution in [0.5, 0.6) is 0 Å². The number of carbonyl (C=O) groups is 2. The van der Waals surface area contributed by atoms with E-state index in [1.165, 1.54) is 7.11 Å². The average Bonchev–Trinajstić information content (AvgIpc) is 2.49. The Bertz CT molecular complexity index is 198. The fourth-order valence-corrected chi connectivity index (χ4v) is 1.65. The first-order valence-corrected chi connectivity index (χ1v) is 4.24. The van der Waals surface area contributed by atoms with Gasteiger partial charge in [-0.1, -0.05) is 6.92 Å². The van der Waals surface area contributed by atoms with Crippen molar-refractivity contribution in [1.29, 1.82) is 0 Å². The molecule has 2 atom stereocenters. The third-order valence-corrected chi connectivity index (χ3v) is 2.56. The van der Waals surface area contributed by atoms with Crippen LogP contribution in [-0.2, 0) is 14.3 Å². The van der Waals surface area contributed by atoms with Gasteiger partial charge in [0.2, 0.25) is 0 Å². The average molecular weight is 170 g/mol. The summed E-state index contributed by atoms with van der Waals surface area (Å²) in [5, 5.41) is 0. The molecule has 0 radical (unpaired) electrons. The lowest BCUT2D eigenvalue weighted by Gasteiger charge is -2.14. The molecule has 0 saturated heterocycles. The molecule has 0 bridgehead atoms. The lowest BCUT2D eigenvalue weighted by molar-refractivity contribution is -0.146. The molecule has 0 N–H and O–H groups in total. The number of methoxy groups -OCH3 is 1. The first-order valence-electron chi connectivity index (χ1n) is 4.24. The molecule has 0 aromatic heterocycles. The highest BCUT2D eigenvalue weighted by molar-refractivity contribution is 5.82. The quantitative estimate of drug-likeness (QED) is 0.584. The molecule has 0 heterocycles. The molecular weight excluding hydrogens is 156 g/mol. The third kappa shape index (κ3) is 1.84. The Labute approximate surface area is 72.1 Å². The van der Waals surface area contributed by atoms with Gasteiger partial charge in [0.25, 0.3) is 0 Å².